The van der Waals surface area contributed by atoms with Crippen molar-refractivity contribution < 1.29 is 43.7 Å². The summed E-state index contributed by atoms with van der Waals surface area (Å²) in [5, 5.41) is 26.5. The minimum absolute atomic E-state index is 0.261. The molecule has 0 atom stereocenters. The number of hydrogen-bond acceptors (Lipinski definition) is 10. The average Bonchev–Trinajstić information content (AvgIpc) is 4.00. The fraction of sp³-hybridized carbons (Fsp3) is 0.255. The molecule has 0 fully saturated rings. The number of aromatic nitrogens is 1. The maximum Gasteiger partial charge on any atom is 0.262 e. The van der Waals surface area contributed by atoms with Crippen molar-refractivity contribution >= 4 is 78.0 Å². The van der Waals surface area contributed by atoms with Crippen molar-refractivity contribution in [3.63, 3.8) is 0 Å². The molecule has 12 heteroatoms. The van der Waals surface area contributed by atoms with Gasteiger partial charge in [0, 0.05) is 54.6 Å². The maximum atomic E-state index is 9.42. The van der Waals surface area contributed by atoms with Crippen LogP contribution in [0.4, 0.5) is 17.1 Å². The first kappa shape index (κ1) is 48.2. The third-order valence-corrected chi connectivity index (χ3v) is 14.4. The summed E-state index contributed by atoms with van der Waals surface area (Å²) in [5.41, 5.74) is 8.78. The molecule has 1 aliphatic heterocycles. The van der Waals surface area contributed by atoms with E-state index in [2.05, 4.69) is 172 Å². The molecule has 6 aromatic carbocycles. The van der Waals surface area contributed by atoms with E-state index in [4.69, 9.17) is 18.6 Å². The number of thioether (sulfide) groups is 1. The Hall–Kier alpha value is -5.31. The SMILES string of the molecule is OCCCCCCN1C(=CC=C2CCC(C=Cc3sc4cc5ccccc5cc4[n+]3CCCCCCO)=C2N(c2ccccc2)c2ccccc2)Sc2cc3ccccc3cc21.[O-][Cl+3]([O-])([O-])[O-]. The Balaban J connectivity index is 0.00000116. The Morgan fingerprint density at radius 3 is 1.79 bits per heavy atom. The molecule has 9 nitrogen and oxygen atoms in total. The number of thiazole rings is 1. The van der Waals surface area contributed by atoms with Crippen LogP contribution in [0.2, 0.25) is 0 Å². The van der Waals surface area contributed by atoms with Gasteiger partial charge in [-0.15, -0.1) is 10.2 Å². The number of fused-ring (bicyclic) bond motifs is 4. The number of allylic oxidation sites excluding steroid dienone is 5. The van der Waals surface area contributed by atoms with Gasteiger partial charge in [-0.25, -0.2) is 18.6 Å². The van der Waals surface area contributed by atoms with Crippen LogP contribution in [0.5, 0.6) is 0 Å². The van der Waals surface area contributed by atoms with Gasteiger partial charge in [-0.3, -0.25) is 0 Å². The Labute approximate surface area is 403 Å². The van der Waals surface area contributed by atoms with Gasteiger partial charge in [-0.2, -0.15) is 4.57 Å². The van der Waals surface area contributed by atoms with E-state index >= 15 is 0 Å². The molecule has 2 aliphatic rings. The van der Waals surface area contributed by atoms with Gasteiger partial charge in [0.05, 0.1) is 16.4 Å². The largest absolute Gasteiger partial charge is 0.396 e. The van der Waals surface area contributed by atoms with Gasteiger partial charge in [0.2, 0.25) is 5.52 Å². The Morgan fingerprint density at radius 1 is 0.612 bits per heavy atom. The van der Waals surface area contributed by atoms with Crippen molar-refractivity contribution in [2.75, 3.05) is 29.6 Å². The van der Waals surface area contributed by atoms with Crippen LogP contribution < -0.4 is 33.0 Å². The van der Waals surface area contributed by atoms with Crippen molar-refractivity contribution in [1.29, 1.82) is 0 Å². The average molecular weight is 955 g/mol. The summed E-state index contributed by atoms with van der Waals surface area (Å²) in [6.07, 6.45) is 19.6. The van der Waals surface area contributed by atoms with E-state index in [9.17, 15) is 10.2 Å². The summed E-state index contributed by atoms with van der Waals surface area (Å²) in [4.78, 5) is 6.30. The second kappa shape index (κ2) is 23.1. The molecule has 0 unspecified atom stereocenters. The molecule has 0 spiro atoms. The lowest BCUT2D eigenvalue weighted by Crippen LogP contribution is -2.68. The molecule has 346 valence electrons. The molecule has 67 heavy (non-hydrogen) atoms. The number of unbranched alkanes of at least 4 members (excludes halogenated alkanes) is 6. The zero-order valence-corrected chi connectivity index (χ0v) is 39.9. The highest BCUT2D eigenvalue weighted by atomic mass is 35.7. The lowest BCUT2D eigenvalue weighted by atomic mass is 10.1. The number of halogens is 1. The third kappa shape index (κ3) is 12.4. The fourth-order valence-electron chi connectivity index (χ4n) is 8.98. The molecule has 1 aliphatic carbocycles. The number of aliphatic hydroxyl groups excluding tert-OH is 2. The van der Waals surface area contributed by atoms with Crippen LogP contribution >= 0.6 is 23.1 Å². The number of aryl methyl sites for hydroxylation is 1. The van der Waals surface area contributed by atoms with E-state index in [1.165, 1.54) is 69.2 Å². The Morgan fingerprint density at radius 2 is 1.16 bits per heavy atom. The smallest absolute Gasteiger partial charge is 0.262 e. The quantitative estimate of drug-likeness (QED) is 0.0636. The van der Waals surface area contributed by atoms with Crippen molar-refractivity contribution in [3.05, 3.63) is 179 Å². The zero-order valence-electron chi connectivity index (χ0n) is 37.5. The summed E-state index contributed by atoms with van der Waals surface area (Å²) < 4.78 is 37.8. The van der Waals surface area contributed by atoms with Crippen LogP contribution in [0.25, 0.3) is 37.8 Å². The highest BCUT2D eigenvalue weighted by Crippen LogP contribution is 2.49. The molecule has 0 saturated carbocycles. The molecule has 0 bridgehead atoms. The molecular weight excluding hydrogens is 898 g/mol. The Kier molecular flexibility index (Phi) is 16.6. The molecule has 0 radical (unpaired) electrons. The molecule has 9 rings (SSSR count). The highest BCUT2D eigenvalue weighted by Gasteiger charge is 2.29. The van der Waals surface area contributed by atoms with Gasteiger partial charge >= 0.3 is 0 Å². The van der Waals surface area contributed by atoms with Crippen LogP contribution in [0.15, 0.2) is 178 Å². The summed E-state index contributed by atoms with van der Waals surface area (Å²) in [7, 11) is -4.94. The highest BCUT2D eigenvalue weighted by molar-refractivity contribution is 8.03. The van der Waals surface area contributed by atoms with Crippen LogP contribution in [0.3, 0.4) is 0 Å². The number of para-hydroxylation sites is 2. The van der Waals surface area contributed by atoms with Crippen molar-refractivity contribution in [2.45, 2.75) is 75.6 Å². The minimum Gasteiger partial charge on any atom is -0.396 e. The van der Waals surface area contributed by atoms with E-state index in [1.807, 2.05) is 23.1 Å². The lowest BCUT2D eigenvalue weighted by molar-refractivity contribution is -2.00. The topological polar surface area (TPSA) is 143 Å². The van der Waals surface area contributed by atoms with E-state index < -0.39 is 10.2 Å². The van der Waals surface area contributed by atoms with E-state index in [0.717, 1.165) is 88.7 Å². The molecular formula is C55H56ClN3O6S2. The number of aliphatic hydroxyl groups is 2. The minimum atomic E-state index is -4.94. The summed E-state index contributed by atoms with van der Waals surface area (Å²) in [6.45, 7) is 2.41. The number of anilines is 3. The Bertz CT molecular complexity index is 2850. The molecule has 0 saturated heterocycles. The zero-order chi connectivity index (χ0) is 46.6. The van der Waals surface area contributed by atoms with Gasteiger partial charge in [0.25, 0.3) is 5.01 Å². The van der Waals surface area contributed by atoms with E-state index in [-0.39, 0.29) is 13.2 Å². The predicted molar refractivity (Wildman–Crippen MR) is 264 cm³/mol. The van der Waals surface area contributed by atoms with Crippen LogP contribution in [-0.2, 0) is 6.54 Å². The predicted octanol–water partition coefficient (Wildman–Crippen LogP) is 9.12. The van der Waals surface area contributed by atoms with Crippen LogP contribution in [0, 0.1) is 10.2 Å². The molecule has 7 aromatic rings. The van der Waals surface area contributed by atoms with Crippen LogP contribution in [-0.4, -0.2) is 30.0 Å². The second-order valence-corrected chi connectivity index (χ2v) is 19.6. The monoisotopic (exact) mass is 953 g/mol. The van der Waals surface area contributed by atoms with Crippen molar-refractivity contribution in [2.24, 2.45) is 0 Å². The van der Waals surface area contributed by atoms with E-state index in [0.29, 0.717) is 0 Å². The van der Waals surface area contributed by atoms with Crippen LogP contribution in [0.1, 0.15) is 69.2 Å². The lowest BCUT2D eigenvalue weighted by Gasteiger charge is -2.28. The molecule has 0 amide bonds. The standard InChI is InChI=1S/C55H56N3O2S2.ClHO4/c59-35-17-3-1-15-33-56-49-37-43-19-11-13-21-45(43)39-51(49)61-53(56)31-29-41-27-28-42(55(41)58(47-23-7-5-8-24-47)48-25-9-6-10-26-48)30-32-54-57(34-16-2-4-18-36-60)50-38-44-20-12-14-22-46(44)40-52(50)62-54;2-1(3,4)5/h5-14,19-26,29-32,37-40,59-60H,1-4,15-18,27-28,33-36H2;(H,2,3,4,5)/q+1;/p-1. The van der Waals surface area contributed by atoms with Gasteiger partial charge < -0.3 is 20.0 Å². The van der Waals surface area contributed by atoms with Gasteiger partial charge in [0.1, 0.15) is 4.70 Å². The molecule has 2 heterocycles. The summed E-state index contributed by atoms with van der Waals surface area (Å²) in [5.74, 6) is 0. The first-order chi connectivity index (χ1) is 32.7. The second-order valence-electron chi connectivity index (χ2n) is 16.7. The molecule has 2 N–H and O–H groups in total. The normalized spacial score (nSPS) is 15.2. The first-order valence-corrected chi connectivity index (χ1v) is 25.9. The van der Waals surface area contributed by atoms with Gasteiger partial charge in [0.15, 0.2) is 6.54 Å². The fourth-order valence-corrected chi connectivity index (χ4v) is 11.2. The summed E-state index contributed by atoms with van der Waals surface area (Å²) in [6, 6.07) is 48.5. The van der Waals surface area contributed by atoms with Crippen molar-refractivity contribution in [3.8, 4) is 0 Å². The first-order valence-electron chi connectivity index (χ1n) is 23.1. The van der Waals surface area contributed by atoms with Gasteiger partial charge in [-0.05, 0) is 126 Å². The van der Waals surface area contributed by atoms with E-state index in [1.54, 1.807) is 0 Å². The number of hydrogen-bond donors (Lipinski definition) is 2. The van der Waals surface area contributed by atoms with Gasteiger partial charge in [-0.1, -0.05) is 133 Å². The number of nitrogens with zero attached hydrogens (tertiary/aromatic N) is 3. The number of benzene rings is 6. The molecule has 1 aromatic heterocycles. The number of rotatable bonds is 18. The summed E-state index contributed by atoms with van der Waals surface area (Å²) >= 11 is 3.76. The maximum absolute atomic E-state index is 9.42. The third-order valence-electron chi connectivity index (χ3n) is 12.2. The van der Waals surface area contributed by atoms with Crippen molar-refractivity contribution in [1.82, 2.24) is 0 Å².